The first-order valence-electron chi connectivity index (χ1n) is 8.00. The summed E-state index contributed by atoms with van der Waals surface area (Å²) in [4.78, 5) is 31.0. The molecule has 130 valence electrons. The molecule has 1 heterocycles. The molecule has 8 heteroatoms. The molecular formula is C17H19N5O3. The lowest BCUT2D eigenvalue weighted by Gasteiger charge is -2.27. The van der Waals surface area contributed by atoms with Crippen molar-refractivity contribution in [3.63, 3.8) is 0 Å². The summed E-state index contributed by atoms with van der Waals surface area (Å²) < 4.78 is 5.64. The van der Waals surface area contributed by atoms with E-state index in [-0.39, 0.29) is 23.5 Å². The minimum Gasteiger partial charge on any atom is -0.424 e. The van der Waals surface area contributed by atoms with Crippen LogP contribution in [0.25, 0.3) is 0 Å². The van der Waals surface area contributed by atoms with Gasteiger partial charge in [-0.05, 0) is 31.4 Å². The van der Waals surface area contributed by atoms with Crippen LogP contribution in [-0.2, 0) is 4.79 Å². The molecule has 0 radical (unpaired) electrons. The van der Waals surface area contributed by atoms with E-state index < -0.39 is 5.91 Å². The van der Waals surface area contributed by atoms with Crippen LogP contribution in [0.4, 0.5) is 11.5 Å². The second kappa shape index (κ2) is 7.16. The molecule has 0 bridgehead atoms. The number of aromatic nitrogens is 2. The summed E-state index contributed by atoms with van der Waals surface area (Å²) in [6.45, 7) is 1.43. The van der Waals surface area contributed by atoms with Gasteiger partial charge in [-0.25, -0.2) is 4.98 Å². The molecule has 1 aliphatic carbocycles. The number of amides is 2. The molecule has 1 aromatic carbocycles. The molecule has 2 aromatic rings. The molecule has 3 rings (SSSR count). The summed E-state index contributed by atoms with van der Waals surface area (Å²) in [5.74, 6) is 0.0695. The zero-order valence-corrected chi connectivity index (χ0v) is 13.8. The largest absolute Gasteiger partial charge is 0.424 e. The highest BCUT2D eigenvalue weighted by Gasteiger charge is 2.21. The number of carbonyl (C=O) groups is 2. The number of hydrogen-bond acceptors (Lipinski definition) is 6. The van der Waals surface area contributed by atoms with Crippen molar-refractivity contribution >= 4 is 23.3 Å². The van der Waals surface area contributed by atoms with E-state index in [0.29, 0.717) is 17.3 Å². The van der Waals surface area contributed by atoms with E-state index in [0.717, 1.165) is 19.3 Å². The van der Waals surface area contributed by atoms with Crippen molar-refractivity contribution in [3.05, 3.63) is 36.0 Å². The van der Waals surface area contributed by atoms with E-state index >= 15 is 0 Å². The van der Waals surface area contributed by atoms with E-state index in [9.17, 15) is 9.59 Å². The second-order valence-corrected chi connectivity index (χ2v) is 5.86. The predicted octanol–water partition coefficient (Wildman–Crippen LogP) is 2.29. The number of nitrogens with two attached hydrogens (primary N) is 1. The van der Waals surface area contributed by atoms with Gasteiger partial charge in [-0.15, -0.1) is 0 Å². The molecule has 1 aromatic heterocycles. The Labute approximate surface area is 144 Å². The van der Waals surface area contributed by atoms with Gasteiger partial charge in [0.1, 0.15) is 17.1 Å². The highest BCUT2D eigenvalue weighted by atomic mass is 16.5. The summed E-state index contributed by atoms with van der Waals surface area (Å²) in [7, 11) is 0. The van der Waals surface area contributed by atoms with Crippen molar-refractivity contribution in [2.45, 2.75) is 32.2 Å². The number of nitrogens with zero attached hydrogens (tertiary/aromatic N) is 2. The van der Waals surface area contributed by atoms with Crippen LogP contribution in [-0.4, -0.2) is 27.8 Å². The monoisotopic (exact) mass is 341 g/mol. The Morgan fingerprint density at radius 3 is 2.76 bits per heavy atom. The third kappa shape index (κ3) is 4.23. The molecule has 1 saturated carbocycles. The average Bonchev–Trinajstić information content (AvgIpc) is 2.50. The van der Waals surface area contributed by atoms with Crippen LogP contribution in [0.3, 0.4) is 0 Å². The van der Waals surface area contributed by atoms with Crippen LogP contribution < -0.4 is 21.1 Å². The highest BCUT2D eigenvalue weighted by molar-refractivity contribution is 5.97. The van der Waals surface area contributed by atoms with Crippen molar-refractivity contribution in [2.24, 2.45) is 5.73 Å². The number of hydrogen-bond donors (Lipinski definition) is 3. The molecule has 0 unspecified atom stereocenters. The molecule has 2 amide bonds. The zero-order valence-electron chi connectivity index (χ0n) is 13.8. The minimum atomic E-state index is -0.596. The van der Waals surface area contributed by atoms with E-state index in [1.165, 1.54) is 13.1 Å². The summed E-state index contributed by atoms with van der Waals surface area (Å²) in [5.41, 5.74) is 6.21. The Morgan fingerprint density at radius 2 is 2.12 bits per heavy atom. The summed E-state index contributed by atoms with van der Waals surface area (Å²) >= 11 is 0. The fourth-order valence-corrected chi connectivity index (χ4v) is 2.40. The minimum absolute atomic E-state index is 0.0896. The van der Waals surface area contributed by atoms with Gasteiger partial charge in [-0.1, -0.05) is 6.07 Å². The molecule has 0 spiro atoms. The number of primary amides is 1. The SMILES string of the molecule is CC(=O)Nc1cccc(Oc2ncc(C(N)=O)c(NC3CCC3)n2)c1. The van der Waals surface area contributed by atoms with Crippen LogP contribution in [0.5, 0.6) is 11.8 Å². The normalized spacial score (nSPS) is 13.6. The summed E-state index contributed by atoms with van der Waals surface area (Å²) in [6.07, 6.45) is 4.55. The van der Waals surface area contributed by atoms with Gasteiger partial charge in [-0.2, -0.15) is 4.98 Å². The maximum absolute atomic E-state index is 11.5. The average molecular weight is 341 g/mol. The Balaban J connectivity index is 1.81. The molecule has 1 aliphatic rings. The summed E-state index contributed by atoms with van der Waals surface area (Å²) in [5, 5.41) is 5.88. The first-order valence-corrected chi connectivity index (χ1v) is 8.00. The number of nitrogens with one attached hydrogen (secondary N) is 2. The van der Waals surface area contributed by atoms with Crippen molar-refractivity contribution < 1.29 is 14.3 Å². The molecule has 8 nitrogen and oxygen atoms in total. The number of anilines is 2. The van der Waals surface area contributed by atoms with Crippen molar-refractivity contribution in [2.75, 3.05) is 10.6 Å². The van der Waals surface area contributed by atoms with Gasteiger partial charge in [-0.3, -0.25) is 9.59 Å². The van der Waals surface area contributed by atoms with Gasteiger partial charge in [0.15, 0.2) is 0 Å². The maximum atomic E-state index is 11.5. The van der Waals surface area contributed by atoms with Crippen LogP contribution in [0, 0.1) is 0 Å². The van der Waals surface area contributed by atoms with Gasteiger partial charge in [0.2, 0.25) is 5.91 Å². The van der Waals surface area contributed by atoms with Crippen molar-refractivity contribution in [1.82, 2.24) is 9.97 Å². The second-order valence-electron chi connectivity index (χ2n) is 5.86. The quantitative estimate of drug-likeness (QED) is 0.741. The van der Waals surface area contributed by atoms with Gasteiger partial charge < -0.3 is 21.1 Å². The van der Waals surface area contributed by atoms with E-state index in [1.54, 1.807) is 24.3 Å². The lowest BCUT2D eigenvalue weighted by atomic mass is 9.93. The lowest BCUT2D eigenvalue weighted by molar-refractivity contribution is -0.114. The molecule has 0 saturated heterocycles. The Bertz CT molecular complexity index is 805. The third-order valence-electron chi connectivity index (χ3n) is 3.84. The lowest BCUT2D eigenvalue weighted by Crippen LogP contribution is -2.29. The predicted molar refractivity (Wildman–Crippen MR) is 92.6 cm³/mol. The highest BCUT2D eigenvalue weighted by Crippen LogP contribution is 2.27. The van der Waals surface area contributed by atoms with Gasteiger partial charge in [0.05, 0.1) is 0 Å². The molecule has 25 heavy (non-hydrogen) atoms. The van der Waals surface area contributed by atoms with Crippen LogP contribution in [0.1, 0.15) is 36.5 Å². The van der Waals surface area contributed by atoms with Crippen LogP contribution in [0.15, 0.2) is 30.5 Å². The first kappa shape index (κ1) is 16.7. The maximum Gasteiger partial charge on any atom is 0.323 e. The smallest absolute Gasteiger partial charge is 0.323 e. The number of ether oxygens (including phenoxy) is 1. The van der Waals surface area contributed by atoms with E-state index in [2.05, 4.69) is 20.6 Å². The van der Waals surface area contributed by atoms with Gasteiger partial charge in [0, 0.05) is 30.9 Å². The third-order valence-corrected chi connectivity index (χ3v) is 3.84. The number of rotatable bonds is 6. The fraction of sp³-hybridized carbons (Fsp3) is 0.294. The van der Waals surface area contributed by atoms with Crippen molar-refractivity contribution in [1.29, 1.82) is 0 Å². The molecule has 0 aliphatic heterocycles. The standard InChI is InChI=1S/C17H19N5O3/c1-10(23)20-12-6-3-7-13(8-12)25-17-19-9-14(15(18)24)16(22-17)21-11-4-2-5-11/h3,6-9,11H,2,4-5H2,1H3,(H2,18,24)(H,20,23)(H,19,21,22). The Kier molecular flexibility index (Phi) is 4.78. The number of carbonyl (C=O) groups excluding carboxylic acids is 2. The summed E-state index contributed by atoms with van der Waals surface area (Å²) in [6, 6.07) is 7.23. The van der Waals surface area contributed by atoms with Crippen molar-refractivity contribution in [3.8, 4) is 11.8 Å². The zero-order chi connectivity index (χ0) is 17.8. The fourth-order valence-electron chi connectivity index (χ4n) is 2.40. The molecule has 4 N–H and O–H groups in total. The molecular weight excluding hydrogens is 322 g/mol. The van der Waals surface area contributed by atoms with Crippen LogP contribution >= 0.6 is 0 Å². The Hall–Kier alpha value is -3.16. The Morgan fingerprint density at radius 1 is 1.32 bits per heavy atom. The van der Waals surface area contributed by atoms with Crippen LogP contribution in [0.2, 0.25) is 0 Å². The van der Waals surface area contributed by atoms with E-state index in [4.69, 9.17) is 10.5 Å². The number of benzene rings is 1. The van der Waals surface area contributed by atoms with E-state index in [1.807, 2.05) is 0 Å². The molecule has 0 atom stereocenters. The first-order chi connectivity index (χ1) is 12.0. The molecule has 1 fully saturated rings. The van der Waals surface area contributed by atoms with Gasteiger partial charge in [0.25, 0.3) is 5.91 Å². The topological polar surface area (TPSA) is 119 Å². The van der Waals surface area contributed by atoms with Gasteiger partial charge >= 0.3 is 6.01 Å².